The largest absolute Gasteiger partial charge is 0.322 e. The van der Waals surface area contributed by atoms with Crippen molar-refractivity contribution in [2.45, 2.75) is 13.8 Å². The van der Waals surface area contributed by atoms with E-state index in [9.17, 15) is 4.79 Å². The Labute approximate surface area is 86.5 Å². The Hall–Kier alpha value is -1.28. The topological polar surface area (TPSA) is 32.9 Å². The molecule has 0 fully saturated rings. The van der Waals surface area contributed by atoms with Gasteiger partial charge in [-0.1, -0.05) is 17.7 Å². The van der Waals surface area contributed by atoms with E-state index >= 15 is 0 Å². The number of hydrogen-bond donors (Lipinski definition) is 1. The van der Waals surface area contributed by atoms with Gasteiger partial charge in [-0.05, 0) is 31.0 Å². The van der Waals surface area contributed by atoms with Gasteiger partial charge in [0.05, 0.1) is 10.5 Å². The summed E-state index contributed by atoms with van der Waals surface area (Å²) in [5.41, 5.74) is 2.65. The first-order valence-corrected chi connectivity index (χ1v) is 4.76. The second-order valence-corrected chi connectivity index (χ2v) is 3.81. The normalized spacial score (nSPS) is 10.8. The number of fused-ring (bicyclic) bond motifs is 1. The third-order valence-corrected chi connectivity index (χ3v) is 2.82. The molecule has 0 amide bonds. The molecule has 1 aromatic heterocycles. The highest BCUT2D eigenvalue weighted by Gasteiger charge is 2.05. The molecule has 3 heteroatoms. The summed E-state index contributed by atoms with van der Waals surface area (Å²) in [6.45, 7) is 3.84. The summed E-state index contributed by atoms with van der Waals surface area (Å²) in [7, 11) is 0. The van der Waals surface area contributed by atoms with Gasteiger partial charge in [0.1, 0.15) is 0 Å². The maximum absolute atomic E-state index is 11.2. The molecule has 0 saturated heterocycles. The third kappa shape index (κ3) is 1.32. The zero-order valence-corrected chi connectivity index (χ0v) is 8.77. The SMILES string of the molecule is Cc1ccc2[nH]c(=O)cc(C)c2c1Cl. The Morgan fingerprint density at radius 3 is 2.64 bits per heavy atom. The van der Waals surface area contributed by atoms with Gasteiger partial charge in [-0.2, -0.15) is 0 Å². The summed E-state index contributed by atoms with van der Waals surface area (Å²) in [6.07, 6.45) is 0. The minimum atomic E-state index is -0.0880. The van der Waals surface area contributed by atoms with E-state index in [1.807, 2.05) is 26.0 Å². The van der Waals surface area contributed by atoms with Crippen LogP contribution >= 0.6 is 11.6 Å². The quantitative estimate of drug-likeness (QED) is 0.708. The summed E-state index contributed by atoms with van der Waals surface area (Å²) in [5.74, 6) is 0. The predicted molar refractivity (Wildman–Crippen MR) is 59.1 cm³/mol. The molecule has 0 saturated carbocycles. The smallest absolute Gasteiger partial charge is 0.248 e. The van der Waals surface area contributed by atoms with E-state index in [0.717, 1.165) is 27.1 Å². The molecule has 0 aliphatic carbocycles. The van der Waals surface area contributed by atoms with Crippen LogP contribution in [0.1, 0.15) is 11.1 Å². The first-order chi connectivity index (χ1) is 6.59. The Morgan fingerprint density at radius 1 is 1.21 bits per heavy atom. The first kappa shape index (κ1) is 9.28. The van der Waals surface area contributed by atoms with E-state index < -0.39 is 0 Å². The number of hydrogen-bond acceptors (Lipinski definition) is 1. The molecule has 1 heterocycles. The molecular formula is C11H10ClNO. The van der Waals surface area contributed by atoms with Crippen LogP contribution in [0.3, 0.4) is 0 Å². The highest BCUT2D eigenvalue weighted by Crippen LogP contribution is 2.27. The van der Waals surface area contributed by atoms with Gasteiger partial charge in [-0.15, -0.1) is 0 Å². The summed E-state index contributed by atoms with van der Waals surface area (Å²) >= 11 is 6.16. The molecule has 2 rings (SSSR count). The van der Waals surface area contributed by atoms with Crippen molar-refractivity contribution < 1.29 is 0 Å². The molecule has 2 nitrogen and oxygen atoms in total. The van der Waals surface area contributed by atoms with E-state index in [4.69, 9.17) is 11.6 Å². The lowest BCUT2D eigenvalue weighted by atomic mass is 10.1. The maximum Gasteiger partial charge on any atom is 0.248 e. The number of pyridine rings is 1. The number of benzene rings is 1. The average Bonchev–Trinajstić information content (AvgIpc) is 2.10. The average molecular weight is 208 g/mol. The van der Waals surface area contributed by atoms with Crippen molar-refractivity contribution >= 4 is 22.5 Å². The van der Waals surface area contributed by atoms with Gasteiger partial charge < -0.3 is 4.98 Å². The maximum atomic E-state index is 11.2. The number of aromatic nitrogens is 1. The molecule has 0 radical (unpaired) electrons. The van der Waals surface area contributed by atoms with Crippen molar-refractivity contribution in [3.63, 3.8) is 0 Å². The number of nitrogens with one attached hydrogen (secondary N) is 1. The van der Waals surface area contributed by atoms with Crippen molar-refractivity contribution in [3.05, 3.63) is 44.7 Å². The minimum absolute atomic E-state index is 0.0880. The van der Waals surface area contributed by atoms with Gasteiger partial charge in [0, 0.05) is 11.5 Å². The van der Waals surface area contributed by atoms with E-state index in [1.165, 1.54) is 0 Å². The molecule has 1 aromatic carbocycles. The molecule has 72 valence electrons. The van der Waals surface area contributed by atoms with E-state index in [2.05, 4.69) is 4.98 Å². The fraction of sp³-hybridized carbons (Fsp3) is 0.182. The van der Waals surface area contributed by atoms with Gasteiger partial charge in [0.15, 0.2) is 0 Å². The van der Waals surface area contributed by atoms with Crippen LogP contribution in [0, 0.1) is 13.8 Å². The van der Waals surface area contributed by atoms with Crippen molar-refractivity contribution in [2.75, 3.05) is 0 Å². The number of H-pyrrole nitrogens is 1. The lowest BCUT2D eigenvalue weighted by Crippen LogP contribution is -2.05. The Bertz CT molecular complexity index is 557. The van der Waals surface area contributed by atoms with Crippen LogP contribution in [0.4, 0.5) is 0 Å². The summed E-state index contributed by atoms with van der Waals surface area (Å²) < 4.78 is 0. The van der Waals surface area contributed by atoms with Gasteiger partial charge in [0.2, 0.25) is 5.56 Å². The van der Waals surface area contributed by atoms with Crippen LogP contribution < -0.4 is 5.56 Å². The molecule has 0 aliphatic heterocycles. The van der Waals surface area contributed by atoms with E-state index in [0.29, 0.717) is 0 Å². The van der Waals surface area contributed by atoms with Gasteiger partial charge in [0.25, 0.3) is 0 Å². The third-order valence-electron chi connectivity index (χ3n) is 2.33. The predicted octanol–water partition coefficient (Wildman–Crippen LogP) is 2.80. The molecule has 14 heavy (non-hydrogen) atoms. The summed E-state index contributed by atoms with van der Waals surface area (Å²) in [4.78, 5) is 14.0. The number of rotatable bonds is 0. The highest BCUT2D eigenvalue weighted by atomic mass is 35.5. The Kier molecular flexibility index (Phi) is 2.08. The molecular weight excluding hydrogens is 198 g/mol. The monoisotopic (exact) mass is 207 g/mol. The zero-order valence-electron chi connectivity index (χ0n) is 8.02. The van der Waals surface area contributed by atoms with Gasteiger partial charge in [-0.25, -0.2) is 0 Å². The zero-order chi connectivity index (χ0) is 10.3. The van der Waals surface area contributed by atoms with Crippen LogP contribution in [0.5, 0.6) is 0 Å². The molecule has 0 spiro atoms. The second kappa shape index (κ2) is 3.14. The first-order valence-electron chi connectivity index (χ1n) is 4.38. The van der Waals surface area contributed by atoms with E-state index in [1.54, 1.807) is 6.07 Å². The van der Waals surface area contributed by atoms with Crippen LogP contribution in [-0.4, -0.2) is 4.98 Å². The molecule has 0 unspecified atom stereocenters. The van der Waals surface area contributed by atoms with Crippen molar-refractivity contribution in [2.24, 2.45) is 0 Å². The van der Waals surface area contributed by atoms with Crippen molar-refractivity contribution in [3.8, 4) is 0 Å². The lowest BCUT2D eigenvalue weighted by molar-refractivity contribution is 1.27. The van der Waals surface area contributed by atoms with Crippen molar-refractivity contribution in [1.29, 1.82) is 0 Å². The van der Waals surface area contributed by atoms with Crippen LogP contribution in [-0.2, 0) is 0 Å². The van der Waals surface area contributed by atoms with Crippen LogP contribution in [0.15, 0.2) is 23.0 Å². The number of halogens is 1. The standard InChI is InChI=1S/C11H10ClNO/c1-6-3-4-8-10(11(6)12)7(2)5-9(14)13-8/h3-5H,1-2H3,(H,13,14). The number of aromatic amines is 1. The summed E-state index contributed by atoms with van der Waals surface area (Å²) in [5, 5.41) is 1.66. The van der Waals surface area contributed by atoms with E-state index in [-0.39, 0.29) is 5.56 Å². The minimum Gasteiger partial charge on any atom is -0.322 e. The fourth-order valence-corrected chi connectivity index (χ4v) is 1.92. The molecule has 1 N–H and O–H groups in total. The van der Waals surface area contributed by atoms with Crippen LogP contribution in [0.25, 0.3) is 10.9 Å². The molecule has 0 atom stereocenters. The molecule has 2 aromatic rings. The molecule has 0 bridgehead atoms. The molecule has 0 aliphatic rings. The van der Waals surface area contributed by atoms with Crippen LogP contribution in [0.2, 0.25) is 5.02 Å². The summed E-state index contributed by atoms with van der Waals surface area (Å²) in [6, 6.07) is 5.35. The second-order valence-electron chi connectivity index (χ2n) is 3.44. The Balaban J connectivity index is 3.03. The van der Waals surface area contributed by atoms with Gasteiger partial charge in [-0.3, -0.25) is 4.79 Å². The van der Waals surface area contributed by atoms with Crippen molar-refractivity contribution in [1.82, 2.24) is 4.98 Å². The lowest BCUT2D eigenvalue weighted by Gasteiger charge is -2.05. The number of aryl methyl sites for hydroxylation is 2. The highest BCUT2D eigenvalue weighted by molar-refractivity contribution is 6.36. The fourth-order valence-electron chi connectivity index (χ4n) is 1.61. The van der Waals surface area contributed by atoms with Gasteiger partial charge >= 0.3 is 0 Å². The Morgan fingerprint density at radius 2 is 1.93 bits per heavy atom.